The van der Waals surface area contributed by atoms with Gasteiger partial charge in [-0.1, -0.05) is 0 Å². The average molecular weight is 163 g/mol. The first-order valence-corrected chi connectivity index (χ1v) is 3.92. The Kier molecular flexibility index (Phi) is 1.80. The van der Waals surface area contributed by atoms with Crippen LogP contribution in [-0.2, 0) is 11.3 Å². The monoisotopic (exact) mass is 163 g/mol. The molecule has 0 aliphatic carbocycles. The largest absolute Gasteiger partial charge is 0.376 e. The first kappa shape index (κ1) is 7.32. The number of imidazole rings is 1. The number of aromatic nitrogens is 2. The van der Waals surface area contributed by atoms with Crippen molar-refractivity contribution in [1.29, 1.82) is 5.26 Å². The summed E-state index contributed by atoms with van der Waals surface area (Å²) in [6.45, 7) is 1.60. The summed E-state index contributed by atoms with van der Waals surface area (Å²) < 4.78 is 7.07. The van der Waals surface area contributed by atoms with Gasteiger partial charge in [0.25, 0.3) is 0 Å². The van der Waals surface area contributed by atoms with E-state index >= 15 is 0 Å². The van der Waals surface area contributed by atoms with E-state index in [0.29, 0.717) is 5.69 Å². The first-order chi connectivity index (χ1) is 5.90. The zero-order valence-electron chi connectivity index (χ0n) is 6.60. The van der Waals surface area contributed by atoms with Crippen LogP contribution in [0, 0.1) is 11.3 Å². The van der Waals surface area contributed by atoms with Crippen molar-refractivity contribution in [3.63, 3.8) is 0 Å². The molecule has 2 heterocycles. The predicted octanol–water partition coefficient (Wildman–Crippen LogP) is 0.544. The zero-order valence-corrected chi connectivity index (χ0v) is 6.60. The molecule has 1 aromatic heterocycles. The SMILES string of the molecule is N#Cc1cncn1CC1CCO1. The maximum atomic E-state index is 8.66. The van der Waals surface area contributed by atoms with Crippen molar-refractivity contribution < 1.29 is 4.74 Å². The van der Waals surface area contributed by atoms with E-state index in [1.165, 1.54) is 0 Å². The molecule has 62 valence electrons. The zero-order chi connectivity index (χ0) is 8.39. The van der Waals surface area contributed by atoms with E-state index < -0.39 is 0 Å². The topological polar surface area (TPSA) is 50.8 Å². The molecule has 1 fully saturated rings. The fourth-order valence-corrected chi connectivity index (χ4v) is 1.21. The van der Waals surface area contributed by atoms with Crippen molar-refractivity contribution >= 4 is 0 Å². The van der Waals surface area contributed by atoms with Crippen molar-refractivity contribution in [3.8, 4) is 6.07 Å². The summed E-state index contributed by atoms with van der Waals surface area (Å²) in [5, 5.41) is 8.66. The lowest BCUT2D eigenvalue weighted by Crippen LogP contribution is -2.31. The number of nitrogens with zero attached hydrogens (tertiary/aromatic N) is 3. The Hall–Kier alpha value is -1.34. The maximum absolute atomic E-state index is 8.66. The van der Waals surface area contributed by atoms with Crippen LogP contribution in [-0.4, -0.2) is 22.3 Å². The number of rotatable bonds is 2. The molecule has 1 atom stereocenters. The second-order valence-corrected chi connectivity index (χ2v) is 2.82. The third-order valence-electron chi connectivity index (χ3n) is 2.02. The number of hydrogen-bond donors (Lipinski definition) is 0. The molecule has 12 heavy (non-hydrogen) atoms. The van der Waals surface area contributed by atoms with Crippen LogP contribution in [0.1, 0.15) is 12.1 Å². The normalized spacial score (nSPS) is 21.4. The Bertz CT molecular complexity index is 308. The quantitative estimate of drug-likeness (QED) is 0.639. The molecule has 0 saturated carbocycles. The molecule has 4 heteroatoms. The van der Waals surface area contributed by atoms with Gasteiger partial charge in [0.1, 0.15) is 11.8 Å². The summed E-state index contributed by atoms with van der Waals surface area (Å²) >= 11 is 0. The van der Waals surface area contributed by atoms with Crippen molar-refractivity contribution in [1.82, 2.24) is 9.55 Å². The smallest absolute Gasteiger partial charge is 0.139 e. The predicted molar refractivity (Wildman–Crippen MR) is 41.3 cm³/mol. The van der Waals surface area contributed by atoms with Gasteiger partial charge in [0.2, 0.25) is 0 Å². The van der Waals surface area contributed by atoms with Gasteiger partial charge in [0.15, 0.2) is 0 Å². The average Bonchev–Trinajstić information content (AvgIpc) is 2.43. The fraction of sp³-hybridized carbons (Fsp3) is 0.500. The Morgan fingerprint density at radius 1 is 1.83 bits per heavy atom. The van der Waals surface area contributed by atoms with Crippen molar-refractivity contribution in [3.05, 3.63) is 18.2 Å². The number of nitriles is 1. The van der Waals surface area contributed by atoms with Crippen molar-refractivity contribution in [2.75, 3.05) is 6.61 Å². The van der Waals surface area contributed by atoms with Gasteiger partial charge in [-0.15, -0.1) is 0 Å². The highest BCUT2D eigenvalue weighted by molar-refractivity contribution is 5.17. The highest BCUT2D eigenvalue weighted by atomic mass is 16.5. The summed E-state index contributed by atoms with van der Waals surface area (Å²) in [6, 6.07) is 2.07. The van der Waals surface area contributed by atoms with E-state index in [0.717, 1.165) is 19.6 Å². The van der Waals surface area contributed by atoms with E-state index in [1.807, 2.05) is 4.57 Å². The second kappa shape index (κ2) is 2.95. The van der Waals surface area contributed by atoms with E-state index in [9.17, 15) is 0 Å². The van der Waals surface area contributed by atoms with E-state index in [-0.39, 0.29) is 6.10 Å². The molecule has 1 aromatic rings. The second-order valence-electron chi connectivity index (χ2n) is 2.82. The van der Waals surface area contributed by atoms with Crippen LogP contribution in [0.15, 0.2) is 12.5 Å². The Balaban J connectivity index is 2.06. The molecule has 0 bridgehead atoms. The van der Waals surface area contributed by atoms with Crippen LogP contribution in [0.25, 0.3) is 0 Å². The van der Waals surface area contributed by atoms with E-state index in [2.05, 4.69) is 11.1 Å². The van der Waals surface area contributed by atoms with Crippen LogP contribution < -0.4 is 0 Å². The molecular weight excluding hydrogens is 154 g/mol. The standard InChI is InChI=1S/C8H9N3O/c9-3-7-4-10-6-11(7)5-8-1-2-12-8/h4,6,8H,1-2,5H2. The molecule has 1 saturated heterocycles. The number of hydrogen-bond acceptors (Lipinski definition) is 3. The summed E-state index contributed by atoms with van der Waals surface area (Å²) in [7, 11) is 0. The third-order valence-corrected chi connectivity index (χ3v) is 2.02. The Morgan fingerprint density at radius 3 is 3.25 bits per heavy atom. The van der Waals surface area contributed by atoms with Crippen molar-refractivity contribution in [2.45, 2.75) is 19.1 Å². The van der Waals surface area contributed by atoms with Crippen molar-refractivity contribution in [2.24, 2.45) is 0 Å². The third kappa shape index (κ3) is 1.19. The highest BCUT2D eigenvalue weighted by Crippen LogP contribution is 2.13. The molecule has 4 nitrogen and oxygen atoms in total. The van der Waals surface area contributed by atoms with Crippen LogP contribution >= 0.6 is 0 Å². The van der Waals surface area contributed by atoms with Gasteiger partial charge >= 0.3 is 0 Å². The molecule has 0 radical (unpaired) electrons. The molecule has 1 unspecified atom stereocenters. The molecular formula is C8H9N3O. The van der Waals surface area contributed by atoms with Gasteiger partial charge < -0.3 is 9.30 Å². The van der Waals surface area contributed by atoms with Crippen LogP contribution in [0.3, 0.4) is 0 Å². The van der Waals surface area contributed by atoms with Gasteiger partial charge in [0.05, 0.1) is 25.2 Å². The first-order valence-electron chi connectivity index (χ1n) is 3.92. The minimum absolute atomic E-state index is 0.284. The summed E-state index contributed by atoms with van der Waals surface area (Å²) in [5.74, 6) is 0. The molecule has 0 N–H and O–H groups in total. The Labute approximate surface area is 70.4 Å². The minimum atomic E-state index is 0.284. The van der Waals surface area contributed by atoms with Crippen LogP contribution in [0.2, 0.25) is 0 Å². The molecule has 0 aromatic carbocycles. The van der Waals surface area contributed by atoms with Gasteiger partial charge in [0, 0.05) is 6.61 Å². The van der Waals surface area contributed by atoms with Crippen LogP contribution in [0.5, 0.6) is 0 Å². The Morgan fingerprint density at radius 2 is 2.67 bits per heavy atom. The molecule has 0 spiro atoms. The lowest BCUT2D eigenvalue weighted by atomic mass is 10.2. The summed E-state index contributed by atoms with van der Waals surface area (Å²) in [6.07, 6.45) is 4.60. The molecule has 0 amide bonds. The molecule has 1 aliphatic rings. The lowest BCUT2D eigenvalue weighted by Gasteiger charge is -2.26. The lowest BCUT2D eigenvalue weighted by molar-refractivity contribution is -0.0593. The summed E-state index contributed by atoms with van der Waals surface area (Å²) in [5.41, 5.74) is 0.602. The van der Waals surface area contributed by atoms with Gasteiger partial charge in [-0.25, -0.2) is 4.98 Å². The van der Waals surface area contributed by atoms with Gasteiger partial charge in [-0.2, -0.15) is 5.26 Å². The highest BCUT2D eigenvalue weighted by Gasteiger charge is 2.19. The molecule has 1 aliphatic heterocycles. The minimum Gasteiger partial charge on any atom is -0.376 e. The van der Waals surface area contributed by atoms with Gasteiger partial charge in [-0.05, 0) is 6.42 Å². The maximum Gasteiger partial charge on any atom is 0.139 e. The fourth-order valence-electron chi connectivity index (χ4n) is 1.21. The summed E-state index contributed by atoms with van der Waals surface area (Å²) in [4.78, 5) is 3.89. The number of ether oxygens (including phenoxy) is 1. The molecule has 2 rings (SSSR count). The van der Waals surface area contributed by atoms with E-state index in [1.54, 1.807) is 12.5 Å². The van der Waals surface area contributed by atoms with Crippen LogP contribution in [0.4, 0.5) is 0 Å². The van der Waals surface area contributed by atoms with Gasteiger partial charge in [-0.3, -0.25) is 0 Å². The van der Waals surface area contributed by atoms with E-state index in [4.69, 9.17) is 10.00 Å².